The van der Waals surface area contributed by atoms with E-state index in [0.717, 1.165) is 17.9 Å². The van der Waals surface area contributed by atoms with E-state index in [1.54, 1.807) is 0 Å². The molecule has 0 aliphatic carbocycles. The SMILES string of the molecule is [N-]=[N+]=NCc1ccc(C2C=CC(O[C@H]3CN4CCC3CC4)=CN2)cc1. The summed E-state index contributed by atoms with van der Waals surface area (Å²) in [7, 11) is 0. The molecule has 1 aromatic carbocycles. The van der Waals surface area contributed by atoms with E-state index in [-0.39, 0.29) is 6.04 Å². The average molecular weight is 337 g/mol. The molecular formula is C19H23N5O. The largest absolute Gasteiger partial charge is 0.487 e. The Bertz CT molecular complexity index is 712. The molecule has 2 atom stereocenters. The third-order valence-electron chi connectivity index (χ3n) is 5.40. The average Bonchev–Trinajstić information content (AvgIpc) is 2.68. The molecule has 0 aromatic heterocycles. The van der Waals surface area contributed by atoms with Gasteiger partial charge in [0.25, 0.3) is 0 Å². The Morgan fingerprint density at radius 1 is 1.24 bits per heavy atom. The first-order valence-electron chi connectivity index (χ1n) is 8.95. The third kappa shape index (κ3) is 3.65. The molecule has 1 unspecified atom stereocenters. The molecule has 4 aliphatic heterocycles. The second-order valence-corrected chi connectivity index (χ2v) is 6.98. The highest BCUT2D eigenvalue weighted by Crippen LogP contribution is 2.31. The summed E-state index contributed by atoms with van der Waals surface area (Å²) >= 11 is 0. The number of nitrogens with zero attached hydrogens (tertiary/aromatic N) is 4. The van der Waals surface area contributed by atoms with Crippen LogP contribution in [-0.2, 0) is 11.3 Å². The maximum Gasteiger partial charge on any atom is 0.135 e. The van der Waals surface area contributed by atoms with Crippen LogP contribution in [0.1, 0.15) is 30.0 Å². The van der Waals surface area contributed by atoms with Crippen molar-refractivity contribution < 1.29 is 4.74 Å². The van der Waals surface area contributed by atoms with Gasteiger partial charge in [0.2, 0.25) is 0 Å². The standard InChI is InChI=1S/C19H23N5O/c20-23-22-11-14-1-3-15(4-2-14)18-6-5-17(12-21-18)25-19-13-24-9-7-16(19)8-10-24/h1-6,12,16,18-19,21H,7-11,13H2/t18?,19-/m0/s1. The molecule has 4 heterocycles. The number of nitrogens with one attached hydrogen (secondary N) is 1. The number of dihydropyridines is 1. The van der Waals surface area contributed by atoms with E-state index < -0.39 is 0 Å². The van der Waals surface area contributed by atoms with Crippen molar-refractivity contribution in [3.05, 3.63) is 69.9 Å². The minimum Gasteiger partial charge on any atom is -0.487 e. The van der Waals surface area contributed by atoms with Crippen molar-refractivity contribution in [2.45, 2.75) is 31.5 Å². The molecule has 5 rings (SSSR count). The molecule has 3 fully saturated rings. The van der Waals surface area contributed by atoms with Gasteiger partial charge in [-0.25, -0.2) is 0 Å². The normalized spacial score (nSPS) is 30.2. The van der Waals surface area contributed by atoms with Gasteiger partial charge < -0.3 is 10.1 Å². The summed E-state index contributed by atoms with van der Waals surface area (Å²) in [5.41, 5.74) is 10.6. The predicted molar refractivity (Wildman–Crippen MR) is 96.4 cm³/mol. The summed E-state index contributed by atoms with van der Waals surface area (Å²) in [6.45, 7) is 3.92. The van der Waals surface area contributed by atoms with Crippen LogP contribution in [0.3, 0.4) is 0 Å². The van der Waals surface area contributed by atoms with Crippen LogP contribution in [0.25, 0.3) is 10.4 Å². The first-order chi connectivity index (χ1) is 12.3. The number of rotatable bonds is 5. The lowest BCUT2D eigenvalue weighted by Crippen LogP contribution is -2.51. The van der Waals surface area contributed by atoms with E-state index in [4.69, 9.17) is 10.3 Å². The minimum atomic E-state index is 0.146. The van der Waals surface area contributed by atoms with Crippen molar-refractivity contribution in [2.24, 2.45) is 11.0 Å². The highest BCUT2D eigenvalue weighted by Gasteiger charge is 2.35. The van der Waals surface area contributed by atoms with Crippen molar-refractivity contribution >= 4 is 0 Å². The van der Waals surface area contributed by atoms with Crippen molar-refractivity contribution in [1.29, 1.82) is 0 Å². The first kappa shape index (κ1) is 16.1. The number of piperidine rings is 3. The molecule has 4 aliphatic rings. The Labute approximate surface area is 147 Å². The van der Waals surface area contributed by atoms with E-state index in [1.165, 1.54) is 31.5 Å². The van der Waals surface area contributed by atoms with Crippen LogP contribution in [0.15, 0.2) is 53.5 Å². The number of allylic oxidation sites excluding steroid dienone is 1. The summed E-state index contributed by atoms with van der Waals surface area (Å²) in [5.74, 6) is 1.63. The Balaban J connectivity index is 1.34. The van der Waals surface area contributed by atoms with Crippen LogP contribution in [0.5, 0.6) is 0 Å². The van der Waals surface area contributed by atoms with Gasteiger partial charge in [0.05, 0.1) is 12.6 Å². The quantitative estimate of drug-likeness (QED) is 0.506. The Morgan fingerprint density at radius 2 is 2.04 bits per heavy atom. The fourth-order valence-corrected chi connectivity index (χ4v) is 3.91. The van der Waals surface area contributed by atoms with Gasteiger partial charge in [0, 0.05) is 17.7 Å². The van der Waals surface area contributed by atoms with Crippen LogP contribution < -0.4 is 5.32 Å². The summed E-state index contributed by atoms with van der Waals surface area (Å²) in [6.07, 6.45) is 9.05. The number of azide groups is 1. The summed E-state index contributed by atoms with van der Waals surface area (Å²) < 4.78 is 6.24. The van der Waals surface area contributed by atoms with Crippen molar-refractivity contribution in [3.8, 4) is 0 Å². The van der Waals surface area contributed by atoms with Crippen LogP contribution in [0.4, 0.5) is 0 Å². The van der Waals surface area contributed by atoms with Gasteiger partial charge in [0.1, 0.15) is 11.9 Å². The fourth-order valence-electron chi connectivity index (χ4n) is 3.91. The van der Waals surface area contributed by atoms with Crippen LogP contribution in [0.2, 0.25) is 0 Å². The zero-order valence-corrected chi connectivity index (χ0v) is 14.2. The zero-order chi connectivity index (χ0) is 17.1. The first-order valence-corrected chi connectivity index (χ1v) is 8.95. The van der Waals surface area contributed by atoms with Gasteiger partial charge in [-0.05, 0) is 54.6 Å². The van der Waals surface area contributed by atoms with Gasteiger partial charge in [-0.1, -0.05) is 35.5 Å². The number of fused-ring (bicyclic) bond motifs is 3. The van der Waals surface area contributed by atoms with Crippen molar-refractivity contribution in [1.82, 2.24) is 10.2 Å². The Morgan fingerprint density at radius 3 is 2.64 bits per heavy atom. The number of hydrogen-bond donors (Lipinski definition) is 1. The monoisotopic (exact) mass is 337 g/mol. The highest BCUT2D eigenvalue weighted by molar-refractivity contribution is 5.31. The molecule has 6 nitrogen and oxygen atoms in total. The number of benzene rings is 1. The lowest BCUT2D eigenvalue weighted by molar-refractivity contribution is -0.0389. The van der Waals surface area contributed by atoms with Gasteiger partial charge in [0.15, 0.2) is 0 Å². The minimum absolute atomic E-state index is 0.146. The van der Waals surface area contributed by atoms with Crippen LogP contribution in [0, 0.1) is 5.92 Å². The van der Waals surface area contributed by atoms with E-state index in [9.17, 15) is 0 Å². The topological polar surface area (TPSA) is 73.3 Å². The summed E-state index contributed by atoms with van der Waals surface area (Å²) in [5, 5.41) is 7.00. The second kappa shape index (κ2) is 7.21. The van der Waals surface area contributed by atoms with Gasteiger partial charge in [-0.15, -0.1) is 0 Å². The molecule has 25 heavy (non-hydrogen) atoms. The van der Waals surface area contributed by atoms with Gasteiger partial charge >= 0.3 is 0 Å². The lowest BCUT2D eigenvalue weighted by Gasteiger charge is -2.44. The van der Waals surface area contributed by atoms with Crippen LogP contribution >= 0.6 is 0 Å². The second-order valence-electron chi connectivity index (χ2n) is 6.98. The molecule has 0 radical (unpaired) electrons. The molecule has 0 amide bonds. The Hall–Kier alpha value is -2.43. The molecule has 0 spiro atoms. The molecule has 0 saturated carbocycles. The van der Waals surface area contributed by atoms with E-state index >= 15 is 0 Å². The molecule has 3 saturated heterocycles. The van der Waals surface area contributed by atoms with E-state index in [2.05, 4.69) is 44.5 Å². The lowest BCUT2D eigenvalue weighted by atomic mass is 9.86. The fraction of sp³-hybridized carbons (Fsp3) is 0.474. The zero-order valence-electron chi connectivity index (χ0n) is 14.2. The van der Waals surface area contributed by atoms with E-state index in [0.29, 0.717) is 18.6 Å². The van der Waals surface area contributed by atoms with Crippen molar-refractivity contribution in [2.75, 3.05) is 19.6 Å². The predicted octanol–water partition coefficient (Wildman–Crippen LogP) is 3.65. The maximum absolute atomic E-state index is 8.38. The molecule has 6 heteroatoms. The molecule has 2 bridgehead atoms. The van der Waals surface area contributed by atoms with Gasteiger partial charge in [-0.3, -0.25) is 4.90 Å². The summed E-state index contributed by atoms with van der Waals surface area (Å²) in [4.78, 5) is 5.30. The smallest absolute Gasteiger partial charge is 0.135 e. The molecule has 130 valence electrons. The van der Waals surface area contributed by atoms with Gasteiger partial charge in [-0.2, -0.15) is 0 Å². The van der Waals surface area contributed by atoms with E-state index in [1.807, 2.05) is 18.3 Å². The maximum atomic E-state index is 8.38. The number of hydrogen-bond acceptors (Lipinski definition) is 4. The number of ether oxygens (including phenoxy) is 1. The Kier molecular flexibility index (Phi) is 4.63. The highest BCUT2D eigenvalue weighted by atomic mass is 16.5. The van der Waals surface area contributed by atoms with Crippen LogP contribution in [-0.4, -0.2) is 30.6 Å². The molecule has 1 N–H and O–H groups in total. The van der Waals surface area contributed by atoms with Crippen molar-refractivity contribution in [3.63, 3.8) is 0 Å². The molecular weight excluding hydrogens is 314 g/mol. The molecule has 1 aromatic rings. The summed E-state index contributed by atoms with van der Waals surface area (Å²) in [6, 6.07) is 8.28. The third-order valence-corrected chi connectivity index (χ3v) is 5.40.